The second-order valence-electron chi connectivity index (χ2n) is 13.5. The summed E-state index contributed by atoms with van der Waals surface area (Å²) in [6.45, 7) is 15.5. The second kappa shape index (κ2) is 13.1. The average molecular weight is 829 g/mol. The Bertz CT molecular complexity index is 2400. The Kier molecular flexibility index (Phi) is 8.47. The Morgan fingerprint density at radius 2 is 0.375 bits per heavy atom. The number of rotatable bonds is 8. The smallest absolute Gasteiger partial charge is 0.199 e. The third kappa shape index (κ3) is 5.73. The Labute approximate surface area is 322 Å². The fourth-order valence-corrected chi connectivity index (χ4v) is 23.2. The first-order valence-electron chi connectivity index (χ1n) is 17.6. The van der Waals surface area contributed by atoms with Crippen molar-refractivity contribution in [3.05, 3.63) is 144 Å². The molecule has 0 radical (unpaired) electrons. The van der Waals surface area contributed by atoms with Crippen molar-refractivity contribution in [1.82, 2.24) is 76.4 Å². The van der Waals surface area contributed by atoms with Gasteiger partial charge in [0.25, 0.3) is 0 Å². The van der Waals surface area contributed by atoms with Gasteiger partial charge in [-0.3, -0.25) is 0 Å². The molecule has 1 aliphatic rings. The number of nitrogens with zero attached hydrogens (tertiary/aromatic N) is 20. The van der Waals surface area contributed by atoms with E-state index in [1.807, 2.05) is 189 Å². The maximum atomic E-state index is 6.07. The molecular formula is C32H40N20P4. The number of aromatic nitrogens is 16. The third-order valence-electron chi connectivity index (χ3n) is 8.83. The first-order valence-corrected chi connectivity index (χ1v) is 24.0. The highest BCUT2D eigenvalue weighted by Crippen LogP contribution is 2.79. The summed E-state index contributed by atoms with van der Waals surface area (Å²) in [6.07, 6.45) is 15.1. The third-order valence-corrected chi connectivity index (χ3v) is 22.7. The van der Waals surface area contributed by atoms with Gasteiger partial charge in [0.2, 0.25) is 0 Å². The van der Waals surface area contributed by atoms with E-state index in [0.29, 0.717) is 0 Å². The SMILES string of the molecule is Cc1ccn(P2(n3ccc(C)n3)=NP(n3ccc(C)n3)(n3ccc(C)n3)=NP(n3ccc(C)n3)(n3ccc(C)n3)=NP(n3ccc(C)n3)(n3ccc(C)n3)=N2)n1. The van der Waals surface area contributed by atoms with Crippen molar-refractivity contribution in [2.75, 3.05) is 0 Å². The van der Waals surface area contributed by atoms with Crippen molar-refractivity contribution >= 4 is 30.0 Å². The quantitative estimate of drug-likeness (QED) is 0.137. The fourth-order valence-electron chi connectivity index (χ4n) is 6.16. The Morgan fingerprint density at radius 1 is 0.250 bits per heavy atom. The predicted octanol–water partition coefficient (Wildman–Crippen LogP) is 8.21. The zero-order chi connectivity index (χ0) is 39.0. The molecule has 8 aromatic heterocycles. The molecule has 0 atom stereocenters. The zero-order valence-electron chi connectivity index (χ0n) is 32.0. The molecule has 20 nitrogen and oxygen atoms in total. The van der Waals surface area contributed by atoms with E-state index >= 15 is 0 Å². The lowest BCUT2D eigenvalue weighted by atomic mass is 10.5. The van der Waals surface area contributed by atoms with Crippen LogP contribution in [0.25, 0.3) is 0 Å². The van der Waals surface area contributed by atoms with Crippen LogP contribution in [0.5, 0.6) is 0 Å². The van der Waals surface area contributed by atoms with Gasteiger partial charge >= 0.3 is 30.0 Å². The molecule has 9 rings (SSSR count). The van der Waals surface area contributed by atoms with E-state index in [9.17, 15) is 0 Å². The Balaban J connectivity index is 1.66. The van der Waals surface area contributed by atoms with E-state index in [0.717, 1.165) is 45.6 Å². The van der Waals surface area contributed by atoms with E-state index in [-0.39, 0.29) is 0 Å². The van der Waals surface area contributed by atoms with Gasteiger partial charge in [-0.2, -0.15) is 94.5 Å². The van der Waals surface area contributed by atoms with Crippen molar-refractivity contribution in [2.24, 2.45) is 18.1 Å². The molecule has 0 spiro atoms. The lowest BCUT2D eigenvalue weighted by molar-refractivity contribution is 0.833. The molecule has 0 bridgehead atoms. The molecule has 8 aromatic rings. The van der Waals surface area contributed by atoms with Crippen molar-refractivity contribution in [3.63, 3.8) is 0 Å². The first kappa shape index (κ1) is 36.3. The van der Waals surface area contributed by atoms with Gasteiger partial charge < -0.3 is 0 Å². The molecule has 9 heterocycles. The van der Waals surface area contributed by atoms with Crippen LogP contribution in [0, 0.1) is 55.4 Å². The summed E-state index contributed by atoms with van der Waals surface area (Å²) in [4.78, 5) is 0. The van der Waals surface area contributed by atoms with Gasteiger partial charge in [0.05, 0.1) is 45.6 Å². The minimum atomic E-state index is -3.73. The van der Waals surface area contributed by atoms with Crippen LogP contribution in [0.1, 0.15) is 45.6 Å². The normalized spacial score (nSPS) is 17.0. The molecule has 0 unspecified atom stereocenters. The van der Waals surface area contributed by atoms with Gasteiger partial charge in [-0.05, 0) is 104 Å². The van der Waals surface area contributed by atoms with Crippen LogP contribution in [0.15, 0.2) is 116 Å². The molecule has 0 amide bonds. The standard InChI is InChI=1S/C32H40N20P4/c1-25-9-17-45(33-25)53(46-18-10-26(2)34-46)41-54(47-19-11-27(3)35-47,48-20-12-28(4)36-48)43-56(51-23-15-31(7)39-51,52-24-16-32(8)40-52)44-55(42-53,49-21-13-29(5)37-49)50-22-14-30(6)38-50/h9-24H,1-8H3. The van der Waals surface area contributed by atoms with E-state index in [2.05, 4.69) is 0 Å². The zero-order valence-corrected chi connectivity index (χ0v) is 35.5. The van der Waals surface area contributed by atoms with Crippen molar-refractivity contribution in [1.29, 1.82) is 0 Å². The largest absolute Gasteiger partial charge is 0.313 e. The van der Waals surface area contributed by atoms with Crippen LogP contribution < -0.4 is 0 Å². The Hall–Kier alpha value is -5.40. The highest BCUT2D eigenvalue weighted by Gasteiger charge is 2.47. The molecule has 0 fully saturated rings. The van der Waals surface area contributed by atoms with Gasteiger partial charge in [0, 0.05) is 49.6 Å². The summed E-state index contributed by atoms with van der Waals surface area (Å²) in [5, 5.41) is 40.6. The highest BCUT2D eigenvalue weighted by atomic mass is 31.3. The molecule has 56 heavy (non-hydrogen) atoms. The van der Waals surface area contributed by atoms with Gasteiger partial charge in [-0.1, -0.05) is 0 Å². The summed E-state index contributed by atoms with van der Waals surface area (Å²) in [5.41, 5.74) is 6.10. The Morgan fingerprint density at radius 3 is 0.464 bits per heavy atom. The van der Waals surface area contributed by atoms with Crippen LogP contribution in [0.4, 0.5) is 0 Å². The molecule has 24 heteroatoms. The monoisotopic (exact) mass is 828 g/mol. The number of aryl methyl sites for hydroxylation is 8. The molecular weight excluding hydrogens is 788 g/mol. The lowest BCUT2D eigenvalue weighted by Crippen LogP contribution is -2.17. The highest BCUT2D eigenvalue weighted by molar-refractivity contribution is 7.84. The molecule has 288 valence electrons. The molecule has 0 aliphatic carbocycles. The van der Waals surface area contributed by atoms with Crippen molar-refractivity contribution in [3.8, 4) is 0 Å². The molecule has 0 saturated carbocycles. The van der Waals surface area contributed by atoms with Gasteiger partial charge in [0.1, 0.15) is 0 Å². The second-order valence-corrected chi connectivity index (χ2v) is 24.0. The maximum Gasteiger partial charge on any atom is 0.313 e. The van der Waals surface area contributed by atoms with Gasteiger partial charge in [0.15, 0.2) is 0 Å². The molecule has 0 aromatic carbocycles. The maximum absolute atomic E-state index is 6.07. The van der Waals surface area contributed by atoms with E-state index in [1.54, 1.807) is 0 Å². The van der Waals surface area contributed by atoms with Crippen LogP contribution in [0.3, 0.4) is 0 Å². The molecule has 1 aliphatic heterocycles. The molecule has 0 N–H and O–H groups in total. The van der Waals surface area contributed by atoms with Crippen molar-refractivity contribution in [2.45, 2.75) is 55.4 Å². The van der Waals surface area contributed by atoms with Crippen LogP contribution in [-0.2, 0) is 0 Å². The summed E-state index contributed by atoms with van der Waals surface area (Å²) in [7, 11) is -14.9. The van der Waals surface area contributed by atoms with Crippen LogP contribution in [-0.4, -0.2) is 76.4 Å². The first-order chi connectivity index (χ1) is 26.8. The van der Waals surface area contributed by atoms with Crippen molar-refractivity contribution < 1.29 is 0 Å². The average Bonchev–Trinajstić information content (AvgIpc) is 3.99. The topological polar surface area (TPSA) is 192 Å². The fraction of sp³-hybridized carbons (Fsp3) is 0.250. The lowest BCUT2D eigenvalue weighted by Gasteiger charge is -2.35. The number of hydrogen-bond acceptors (Lipinski definition) is 12. The van der Waals surface area contributed by atoms with Gasteiger partial charge in [-0.15, -0.1) is 0 Å². The van der Waals surface area contributed by atoms with Crippen LogP contribution >= 0.6 is 30.0 Å². The van der Waals surface area contributed by atoms with Crippen LogP contribution in [0.2, 0.25) is 0 Å². The van der Waals surface area contributed by atoms with E-state index < -0.39 is 30.0 Å². The van der Waals surface area contributed by atoms with E-state index in [4.69, 9.17) is 58.9 Å². The summed E-state index contributed by atoms with van der Waals surface area (Å²) >= 11 is 0. The predicted molar refractivity (Wildman–Crippen MR) is 216 cm³/mol. The minimum Gasteiger partial charge on any atom is -0.199 e. The number of hydrogen-bond donors (Lipinski definition) is 0. The van der Waals surface area contributed by atoms with E-state index in [1.165, 1.54) is 0 Å². The van der Waals surface area contributed by atoms with Gasteiger partial charge in [-0.25, -0.2) is 0 Å². The minimum absolute atomic E-state index is 0.762. The summed E-state index contributed by atoms with van der Waals surface area (Å²) in [5.74, 6) is 0. The summed E-state index contributed by atoms with van der Waals surface area (Å²) in [6, 6.07) is 15.4. The molecule has 0 saturated heterocycles. The summed E-state index contributed by atoms with van der Waals surface area (Å²) < 4.78 is 38.8.